The van der Waals surface area contributed by atoms with E-state index in [0.29, 0.717) is 28.0 Å². The Morgan fingerprint density at radius 3 is 2.32 bits per heavy atom. The molecule has 1 atom stereocenters. The number of thiazole rings is 1. The van der Waals surface area contributed by atoms with E-state index < -0.39 is 27.4 Å². The Morgan fingerprint density at radius 2 is 1.70 bits per heavy atom. The smallest absolute Gasteiger partial charge is 0.338 e. The predicted octanol–water partition coefficient (Wildman–Crippen LogP) is 3.23. The van der Waals surface area contributed by atoms with Crippen molar-refractivity contribution in [3.05, 3.63) is 110 Å². The Balaban J connectivity index is 1.98. The van der Waals surface area contributed by atoms with E-state index >= 15 is 0 Å². The first-order valence-electron chi connectivity index (χ1n) is 11.2. The number of aromatic nitrogens is 1. The molecule has 0 fully saturated rings. The number of carbonyl (C=O) groups excluding carboxylic acids is 1. The molecule has 0 spiro atoms. The van der Waals surface area contributed by atoms with Gasteiger partial charge in [-0.05, 0) is 44.9 Å². The molecule has 0 amide bonds. The molecule has 4 rings (SSSR count). The fraction of sp³-hybridized carbons (Fsp3) is 0.240. The maximum atomic E-state index is 13.6. The van der Waals surface area contributed by atoms with Gasteiger partial charge >= 0.3 is 5.97 Å². The van der Waals surface area contributed by atoms with E-state index in [0.717, 1.165) is 11.3 Å². The number of carbonyl (C=O) groups is 1. The first-order valence-corrected chi connectivity index (χ1v) is 12.0. The largest absolute Gasteiger partial charge is 0.463 e. The van der Waals surface area contributed by atoms with Crippen LogP contribution in [0, 0.1) is 34.1 Å². The summed E-state index contributed by atoms with van der Waals surface area (Å²) in [6.45, 7) is 6.57. The molecule has 11 nitrogen and oxygen atoms in total. The molecule has 1 aromatic heterocycles. The van der Waals surface area contributed by atoms with E-state index in [-0.39, 0.29) is 32.9 Å². The molecule has 12 heteroatoms. The molecular weight excluding hydrogens is 500 g/mol. The standard InChI is InChI=1S/C25H22N4O7S/c1-5-36-24(31)21-15(4)26-25-27(22(21)17-9-7-14(3)19(12-17)29(34)35)23(30)20(37-25)11-16-8-6-13(2)18(10-16)28(32)33/h6-12,22H,5H2,1-4H3/b20-11+/t22-/m1/s1. The quantitative estimate of drug-likeness (QED) is 0.274. The van der Waals surface area contributed by atoms with Crippen LogP contribution in [0.25, 0.3) is 6.08 Å². The van der Waals surface area contributed by atoms with Crippen LogP contribution in [-0.2, 0) is 9.53 Å². The Bertz CT molecular complexity index is 1680. The Hall–Kier alpha value is -4.45. The minimum absolute atomic E-state index is 0.0770. The highest BCUT2D eigenvalue weighted by molar-refractivity contribution is 7.07. The van der Waals surface area contributed by atoms with Gasteiger partial charge in [-0.3, -0.25) is 29.6 Å². The molecule has 0 radical (unpaired) electrons. The van der Waals surface area contributed by atoms with Gasteiger partial charge in [0.15, 0.2) is 4.80 Å². The monoisotopic (exact) mass is 522 g/mol. The van der Waals surface area contributed by atoms with Crippen LogP contribution in [-0.4, -0.2) is 27.0 Å². The van der Waals surface area contributed by atoms with Crippen molar-refractivity contribution in [2.24, 2.45) is 4.99 Å². The van der Waals surface area contributed by atoms with E-state index in [1.54, 1.807) is 52.0 Å². The first-order chi connectivity index (χ1) is 17.5. The van der Waals surface area contributed by atoms with Crippen molar-refractivity contribution >= 4 is 34.8 Å². The lowest BCUT2D eigenvalue weighted by Gasteiger charge is -2.24. The minimum Gasteiger partial charge on any atom is -0.463 e. The van der Waals surface area contributed by atoms with Gasteiger partial charge in [-0.1, -0.05) is 35.6 Å². The predicted molar refractivity (Wildman–Crippen MR) is 136 cm³/mol. The summed E-state index contributed by atoms with van der Waals surface area (Å²) >= 11 is 1.06. The number of nitro benzene ring substituents is 2. The van der Waals surface area contributed by atoms with E-state index in [9.17, 15) is 29.8 Å². The van der Waals surface area contributed by atoms with E-state index in [1.165, 1.54) is 22.8 Å². The van der Waals surface area contributed by atoms with Crippen molar-refractivity contribution in [2.45, 2.75) is 33.7 Å². The summed E-state index contributed by atoms with van der Waals surface area (Å²) in [6.07, 6.45) is 1.52. The van der Waals surface area contributed by atoms with E-state index in [1.807, 2.05) is 0 Å². The Morgan fingerprint density at radius 1 is 1.08 bits per heavy atom. The van der Waals surface area contributed by atoms with E-state index in [4.69, 9.17) is 4.74 Å². The van der Waals surface area contributed by atoms with Gasteiger partial charge in [0.25, 0.3) is 16.9 Å². The van der Waals surface area contributed by atoms with Crippen LogP contribution >= 0.6 is 11.3 Å². The Labute approximate surface area is 214 Å². The lowest BCUT2D eigenvalue weighted by Crippen LogP contribution is -2.40. The Kier molecular flexibility index (Phi) is 6.86. The lowest BCUT2D eigenvalue weighted by atomic mass is 9.94. The van der Waals surface area contributed by atoms with Crippen molar-refractivity contribution in [1.29, 1.82) is 0 Å². The van der Waals surface area contributed by atoms with Gasteiger partial charge in [-0.2, -0.15) is 0 Å². The van der Waals surface area contributed by atoms with Crippen LogP contribution in [0.1, 0.15) is 42.1 Å². The average Bonchev–Trinajstić information content (AvgIpc) is 3.13. The van der Waals surface area contributed by atoms with Crippen LogP contribution in [0.3, 0.4) is 0 Å². The summed E-state index contributed by atoms with van der Waals surface area (Å²) in [5, 5.41) is 23.0. The number of ether oxygens (including phenoxy) is 1. The molecule has 1 aliphatic heterocycles. The van der Waals surface area contributed by atoms with Gasteiger partial charge in [0.05, 0.1) is 38.3 Å². The average molecular weight is 523 g/mol. The van der Waals surface area contributed by atoms with Crippen molar-refractivity contribution < 1.29 is 19.4 Å². The zero-order valence-corrected chi connectivity index (χ0v) is 21.2. The molecule has 0 aliphatic carbocycles. The summed E-state index contributed by atoms with van der Waals surface area (Å²) in [4.78, 5) is 53.3. The number of nitrogens with zero attached hydrogens (tertiary/aromatic N) is 4. The molecular formula is C25H22N4O7S. The third kappa shape index (κ3) is 4.70. The maximum absolute atomic E-state index is 13.6. The molecule has 0 saturated heterocycles. The highest BCUT2D eigenvalue weighted by atomic mass is 32.1. The topological polar surface area (TPSA) is 147 Å². The van der Waals surface area contributed by atoms with Crippen LogP contribution in [0.5, 0.6) is 0 Å². The molecule has 0 unspecified atom stereocenters. The third-order valence-corrected chi connectivity index (χ3v) is 6.97. The van der Waals surface area contributed by atoms with Crippen molar-refractivity contribution in [2.75, 3.05) is 6.61 Å². The van der Waals surface area contributed by atoms with Crippen molar-refractivity contribution in [1.82, 2.24) is 4.57 Å². The molecule has 1 aliphatic rings. The number of benzene rings is 2. The molecule has 2 aromatic carbocycles. The van der Waals surface area contributed by atoms with Gasteiger partial charge in [0.2, 0.25) is 0 Å². The van der Waals surface area contributed by atoms with Crippen LogP contribution < -0.4 is 14.9 Å². The number of fused-ring (bicyclic) bond motifs is 1. The number of allylic oxidation sites excluding steroid dienone is 1. The molecule has 37 heavy (non-hydrogen) atoms. The summed E-state index contributed by atoms with van der Waals surface area (Å²) < 4.78 is 6.78. The second kappa shape index (κ2) is 9.90. The lowest BCUT2D eigenvalue weighted by molar-refractivity contribution is -0.385. The highest BCUT2D eigenvalue weighted by Crippen LogP contribution is 2.33. The second-order valence-electron chi connectivity index (χ2n) is 8.41. The number of aryl methyl sites for hydroxylation is 2. The molecule has 0 bridgehead atoms. The van der Waals surface area contributed by atoms with Gasteiger partial charge < -0.3 is 4.74 Å². The zero-order chi connectivity index (χ0) is 27.0. The maximum Gasteiger partial charge on any atom is 0.338 e. The minimum atomic E-state index is -1.01. The number of hydrogen-bond acceptors (Lipinski definition) is 9. The van der Waals surface area contributed by atoms with Gasteiger partial charge in [0.1, 0.15) is 0 Å². The van der Waals surface area contributed by atoms with Crippen molar-refractivity contribution in [3.8, 4) is 0 Å². The van der Waals surface area contributed by atoms with Crippen LogP contribution in [0.4, 0.5) is 11.4 Å². The second-order valence-corrected chi connectivity index (χ2v) is 9.42. The number of hydrogen-bond donors (Lipinski definition) is 0. The zero-order valence-electron chi connectivity index (χ0n) is 20.4. The number of esters is 1. The fourth-order valence-corrected chi connectivity index (χ4v) is 5.21. The van der Waals surface area contributed by atoms with Crippen LogP contribution in [0.15, 0.2) is 57.5 Å². The van der Waals surface area contributed by atoms with Gasteiger partial charge in [-0.25, -0.2) is 9.79 Å². The van der Waals surface area contributed by atoms with Crippen LogP contribution in [0.2, 0.25) is 0 Å². The van der Waals surface area contributed by atoms with Crippen molar-refractivity contribution in [3.63, 3.8) is 0 Å². The number of rotatable bonds is 6. The summed E-state index contributed by atoms with van der Waals surface area (Å²) in [6, 6.07) is 8.17. The molecule has 0 N–H and O–H groups in total. The SMILES string of the molecule is CCOC(=O)C1=C(C)N=c2s/c(=C/c3ccc(C)c([N+](=O)[O-])c3)c(=O)n2[C@@H]1c1ccc(C)c([N+](=O)[O-])c1. The molecule has 3 aromatic rings. The molecule has 2 heterocycles. The summed E-state index contributed by atoms with van der Waals surface area (Å²) in [5.41, 5.74) is 1.43. The molecule has 190 valence electrons. The third-order valence-electron chi connectivity index (χ3n) is 5.99. The van der Waals surface area contributed by atoms with E-state index in [2.05, 4.69) is 4.99 Å². The fourth-order valence-electron chi connectivity index (χ4n) is 4.16. The highest BCUT2D eigenvalue weighted by Gasteiger charge is 2.34. The normalized spacial score (nSPS) is 15.2. The number of nitro groups is 2. The molecule has 0 saturated carbocycles. The summed E-state index contributed by atoms with van der Waals surface area (Å²) in [7, 11) is 0. The van der Waals surface area contributed by atoms with Gasteiger partial charge in [0, 0.05) is 23.3 Å². The van der Waals surface area contributed by atoms with Gasteiger partial charge in [-0.15, -0.1) is 0 Å². The first kappa shape index (κ1) is 25.6. The summed E-state index contributed by atoms with van der Waals surface area (Å²) in [5.74, 6) is -0.680.